The number of hydrogen-bond donors (Lipinski definition) is 0. The minimum Gasteiger partial charge on any atom is -0.300 e. The third-order valence-corrected chi connectivity index (χ3v) is 11.5. The van der Waals surface area contributed by atoms with Gasteiger partial charge < -0.3 is 0 Å². The van der Waals surface area contributed by atoms with E-state index in [1.54, 1.807) is 19.1 Å². The van der Waals surface area contributed by atoms with Crippen molar-refractivity contribution >= 4 is 15.9 Å². The van der Waals surface area contributed by atoms with Crippen molar-refractivity contribution in [2.75, 3.05) is 0 Å². The molecular weight excluding hydrogens is 432 g/mol. The van der Waals surface area contributed by atoms with E-state index in [1.165, 1.54) is 18.4 Å². The first-order valence-electron chi connectivity index (χ1n) is 12.7. The van der Waals surface area contributed by atoms with E-state index < -0.39 is 10.1 Å². The Morgan fingerprint density at radius 1 is 1.00 bits per heavy atom. The Balaban J connectivity index is 1.34. The minimum absolute atomic E-state index is 0.131. The number of allylic oxidation sites excluding steroid dienone is 1. The van der Waals surface area contributed by atoms with Crippen LogP contribution in [0.1, 0.15) is 77.7 Å². The van der Waals surface area contributed by atoms with Crippen LogP contribution in [0, 0.1) is 41.4 Å². The van der Waals surface area contributed by atoms with Crippen LogP contribution in [-0.2, 0) is 19.1 Å². The van der Waals surface area contributed by atoms with Crippen molar-refractivity contribution in [3.63, 3.8) is 0 Å². The number of rotatable bonds is 4. The normalized spacial score (nSPS) is 40.4. The summed E-state index contributed by atoms with van der Waals surface area (Å²) in [7, 11) is -3.75. The predicted octanol–water partition coefficient (Wildman–Crippen LogP) is 6.24. The smallest absolute Gasteiger partial charge is 0.297 e. The van der Waals surface area contributed by atoms with Crippen molar-refractivity contribution in [2.24, 2.45) is 34.5 Å². The quantitative estimate of drug-likeness (QED) is 0.386. The molecule has 5 heteroatoms. The Labute approximate surface area is 199 Å². The molecule has 3 saturated carbocycles. The van der Waals surface area contributed by atoms with Crippen LogP contribution in [0.25, 0.3) is 0 Å². The molecule has 180 valence electrons. The monoisotopic (exact) mass is 470 g/mol. The average molecular weight is 471 g/mol. The molecule has 0 amide bonds. The van der Waals surface area contributed by atoms with Crippen LogP contribution in [0.3, 0.4) is 0 Å². The topological polar surface area (TPSA) is 60.4 Å². The van der Waals surface area contributed by atoms with Crippen LogP contribution in [0.4, 0.5) is 0 Å². The molecule has 7 atom stereocenters. The fraction of sp³-hybridized carbons (Fsp3) is 0.679. The maximum atomic E-state index is 12.9. The molecule has 0 radical (unpaired) electrons. The molecule has 4 aliphatic rings. The highest BCUT2D eigenvalue weighted by Gasteiger charge is 2.59. The van der Waals surface area contributed by atoms with Gasteiger partial charge in [0.05, 0.1) is 11.0 Å². The zero-order valence-corrected chi connectivity index (χ0v) is 21.3. The maximum Gasteiger partial charge on any atom is 0.297 e. The Morgan fingerprint density at radius 3 is 2.42 bits per heavy atom. The van der Waals surface area contributed by atoms with E-state index in [2.05, 4.69) is 19.9 Å². The third kappa shape index (κ3) is 3.74. The Hall–Kier alpha value is -1.46. The molecule has 5 rings (SSSR count). The molecule has 0 bridgehead atoms. The summed E-state index contributed by atoms with van der Waals surface area (Å²) < 4.78 is 31.5. The molecule has 3 fully saturated rings. The highest BCUT2D eigenvalue weighted by molar-refractivity contribution is 7.86. The lowest BCUT2D eigenvalue weighted by Gasteiger charge is -2.58. The second kappa shape index (κ2) is 8.05. The SMILES string of the molecule is CC(=O)[C@H]1CC[C@H]2[C@@H]3CC=C4C[C@@H](OS(=O)(=O)c5ccc(C)cc5)CC[C@]4(C)[C@H]3CC[C@]12C. The molecule has 0 N–H and O–H groups in total. The first kappa shape index (κ1) is 23.3. The molecule has 4 aliphatic carbocycles. The Kier molecular flexibility index (Phi) is 5.68. The van der Waals surface area contributed by atoms with Crippen LogP contribution in [0.5, 0.6) is 0 Å². The lowest BCUT2D eigenvalue weighted by molar-refractivity contribution is -0.127. The average Bonchev–Trinajstić information content (AvgIpc) is 3.11. The van der Waals surface area contributed by atoms with Crippen molar-refractivity contribution in [3.8, 4) is 0 Å². The largest absolute Gasteiger partial charge is 0.300 e. The number of ketones is 1. The second-order valence-corrected chi connectivity index (χ2v) is 13.3. The van der Waals surface area contributed by atoms with Crippen LogP contribution in [0.2, 0.25) is 0 Å². The van der Waals surface area contributed by atoms with Gasteiger partial charge >= 0.3 is 0 Å². The highest BCUT2D eigenvalue weighted by atomic mass is 32.2. The van der Waals surface area contributed by atoms with Gasteiger partial charge in [0.15, 0.2) is 0 Å². The predicted molar refractivity (Wildman–Crippen MR) is 129 cm³/mol. The molecule has 0 spiro atoms. The highest BCUT2D eigenvalue weighted by Crippen LogP contribution is 2.66. The van der Waals surface area contributed by atoms with Gasteiger partial charge in [-0.2, -0.15) is 8.42 Å². The van der Waals surface area contributed by atoms with Gasteiger partial charge in [-0.3, -0.25) is 8.98 Å². The molecule has 0 saturated heterocycles. The van der Waals surface area contributed by atoms with Gasteiger partial charge in [0.25, 0.3) is 10.1 Å². The lowest BCUT2D eigenvalue weighted by Crippen LogP contribution is -2.51. The zero-order valence-electron chi connectivity index (χ0n) is 20.5. The van der Waals surface area contributed by atoms with E-state index in [0.29, 0.717) is 30.0 Å². The third-order valence-electron chi connectivity index (χ3n) is 10.1. The van der Waals surface area contributed by atoms with Crippen LogP contribution in [0.15, 0.2) is 40.8 Å². The van der Waals surface area contributed by atoms with E-state index in [9.17, 15) is 13.2 Å². The summed E-state index contributed by atoms with van der Waals surface area (Å²) >= 11 is 0. The number of Topliss-reactive ketones (excluding diaryl/α,β-unsaturated/α-hetero) is 1. The van der Waals surface area contributed by atoms with Gasteiger partial charge in [-0.25, -0.2) is 0 Å². The van der Waals surface area contributed by atoms with E-state index in [4.69, 9.17) is 4.18 Å². The molecule has 1 aromatic rings. The summed E-state index contributed by atoms with van der Waals surface area (Å²) in [5.41, 5.74) is 2.73. The van der Waals surface area contributed by atoms with Crippen molar-refractivity contribution in [2.45, 2.75) is 90.1 Å². The molecule has 1 aromatic carbocycles. The first-order chi connectivity index (χ1) is 15.5. The Morgan fingerprint density at radius 2 is 1.73 bits per heavy atom. The molecule has 33 heavy (non-hydrogen) atoms. The number of aryl methyl sites for hydroxylation is 1. The van der Waals surface area contributed by atoms with Gasteiger partial charge in [0, 0.05) is 5.92 Å². The van der Waals surface area contributed by atoms with Crippen molar-refractivity contribution in [1.29, 1.82) is 0 Å². The number of carbonyl (C=O) groups excluding carboxylic acids is 1. The molecular formula is C28H38O4S. The van der Waals surface area contributed by atoms with E-state index in [0.717, 1.165) is 37.7 Å². The lowest BCUT2D eigenvalue weighted by atomic mass is 9.47. The van der Waals surface area contributed by atoms with Crippen LogP contribution >= 0.6 is 0 Å². The Bertz CT molecular complexity index is 1070. The summed E-state index contributed by atoms with van der Waals surface area (Å²) in [5.74, 6) is 2.53. The number of carbonyl (C=O) groups is 1. The fourth-order valence-electron chi connectivity index (χ4n) is 8.32. The fourth-order valence-corrected chi connectivity index (χ4v) is 9.42. The summed E-state index contributed by atoms with van der Waals surface area (Å²) in [5, 5.41) is 0. The standard InChI is InChI=1S/C28H38O4S/c1-18-5-8-22(9-6-18)33(30,31)32-21-13-15-27(3)20(17-21)7-10-23-25-12-11-24(19(2)29)28(25,4)16-14-26(23)27/h5-9,21,23-26H,10-17H2,1-4H3/t21-,23-,24+,25-,26-,27-,28+/m0/s1. The maximum absolute atomic E-state index is 12.9. The molecule has 0 unspecified atom stereocenters. The number of hydrogen-bond acceptors (Lipinski definition) is 4. The molecule has 0 aromatic heterocycles. The summed E-state index contributed by atoms with van der Waals surface area (Å²) in [6.45, 7) is 8.54. The van der Waals surface area contributed by atoms with Crippen molar-refractivity contribution in [1.82, 2.24) is 0 Å². The number of fused-ring (bicyclic) bond motifs is 5. The van der Waals surface area contributed by atoms with Crippen molar-refractivity contribution in [3.05, 3.63) is 41.5 Å². The van der Waals surface area contributed by atoms with Crippen molar-refractivity contribution < 1.29 is 17.4 Å². The summed E-state index contributed by atoms with van der Waals surface area (Å²) in [6.07, 6.45) is 10.2. The van der Waals surface area contributed by atoms with Crippen LogP contribution in [-0.4, -0.2) is 20.3 Å². The van der Waals surface area contributed by atoms with Gasteiger partial charge in [-0.05, 0) is 106 Å². The van der Waals surface area contributed by atoms with E-state index in [-0.39, 0.29) is 27.7 Å². The zero-order chi connectivity index (χ0) is 23.6. The van der Waals surface area contributed by atoms with Gasteiger partial charge in [0.1, 0.15) is 5.78 Å². The summed E-state index contributed by atoms with van der Waals surface area (Å²) in [4.78, 5) is 12.6. The summed E-state index contributed by atoms with van der Waals surface area (Å²) in [6, 6.07) is 6.90. The molecule has 0 aliphatic heterocycles. The van der Waals surface area contributed by atoms with E-state index >= 15 is 0 Å². The van der Waals surface area contributed by atoms with Crippen LogP contribution < -0.4 is 0 Å². The molecule has 4 nitrogen and oxygen atoms in total. The van der Waals surface area contributed by atoms with Gasteiger partial charge in [-0.15, -0.1) is 0 Å². The van der Waals surface area contributed by atoms with Gasteiger partial charge in [-0.1, -0.05) is 43.2 Å². The minimum atomic E-state index is -3.75. The van der Waals surface area contributed by atoms with Gasteiger partial charge in [0.2, 0.25) is 0 Å². The van der Waals surface area contributed by atoms with E-state index in [1.807, 2.05) is 19.1 Å². The first-order valence-corrected chi connectivity index (χ1v) is 14.2. The number of benzene rings is 1. The molecule has 0 heterocycles. The second-order valence-electron chi connectivity index (χ2n) is 11.8.